The molecule has 2 rings (SSSR count). The minimum Gasteiger partial charge on any atom is -0.341 e. The van der Waals surface area contributed by atoms with Gasteiger partial charge >= 0.3 is 0 Å². The number of amides is 1. The Labute approximate surface area is 126 Å². The number of carbonyl (C=O) groups excluding carboxylic acids is 1. The van der Waals surface area contributed by atoms with Gasteiger partial charge in [0, 0.05) is 37.9 Å². The minimum atomic E-state index is 0. The predicted molar refractivity (Wildman–Crippen MR) is 80.5 cm³/mol. The van der Waals surface area contributed by atoms with Gasteiger partial charge in [0.05, 0.1) is 0 Å². The zero-order valence-corrected chi connectivity index (χ0v) is 12.6. The van der Waals surface area contributed by atoms with Gasteiger partial charge in [-0.3, -0.25) is 9.78 Å². The Morgan fingerprint density at radius 2 is 2.21 bits per heavy atom. The number of nitrogens with zero attached hydrogens (tertiary/aromatic N) is 2. The molecule has 1 heterocycles. The van der Waals surface area contributed by atoms with E-state index in [1.807, 2.05) is 19.2 Å². The van der Waals surface area contributed by atoms with Crippen molar-refractivity contribution in [2.45, 2.75) is 31.8 Å². The molecule has 108 valence electrons. The molecule has 0 bridgehead atoms. The lowest BCUT2D eigenvalue weighted by molar-refractivity contribution is -0.134. The van der Waals surface area contributed by atoms with Gasteiger partial charge in [0.15, 0.2) is 0 Å². The second kappa shape index (κ2) is 8.35. The van der Waals surface area contributed by atoms with Crippen molar-refractivity contribution in [1.29, 1.82) is 0 Å². The Morgan fingerprint density at radius 1 is 1.47 bits per heavy atom. The van der Waals surface area contributed by atoms with Crippen LogP contribution < -0.4 is 5.73 Å². The van der Waals surface area contributed by atoms with Gasteiger partial charge in [0.2, 0.25) is 5.91 Å². The van der Waals surface area contributed by atoms with Gasteiger partial charge in [0.25, 0.3) is 0 Å². The summed E-state index contributed by atoms with van der Waals surface area (Å²) in [7, 11) is 1.85. The zero-order valence-electron chi connectivity index (χ0n) is 11.0. The fourth-order valence-corrected chi connectivity index (χ4v) is 2.40. The Bertz CT molecular complexity index is 389. The highest BCUT2D eigenvalue weighted by molar-refractivity contribution is 5.85. The van der Waals surface area contributed by atoms with Crippen molar-refractivity contribution in [2.24, 2.45) is 11.7 Å². The van der Waals surface area contributed by atoms with Gasteiger partial charge in [-0.25, -0.2) is 0 Å². The van der Waals surface area contributed by atoms with Gasteiger partial charge in [-0.1, -0.05) is 6.07 Å². The van der Waals surface area contributed by atoms with Gasteiger partial charge in [-0.2, -0.15) is 0 Å². The van der Waals surface area contributed by atoms with Crippen molar-refractivity contribution in [1.82, 2.24) is 9.88 Å². The first kappa shape index (κ1) is 18.2. The highest BCUT2D eigenvalue weighted by atomic mass is 35.5. The number of hydrogen-bond donors (Lipinski definition) is 1. The molecule has 0 radical (unpaired) electrons. The summed E-state index contributed by atoms with van der Waals surface area (Å²) in [5, 5.41) is 0. The Kier molecular flexibility index (Phi) is 7.99. The highest BCUT2D eigenvalue weighted by Crippen LogP contribution is 2.26. The van der Waals surface area contributed by atoms with Crippen LogP contribution in [0.2, 0.25) is 0 Å². The van der Waals surface area contributed by atoms with Crippen LogP contribution in [0.4, 0.5) is 0 Å². The van der Waals surface area contributed by atoms with Crippen LogP contribution in [0.1, 0.15) is 24.8 Å². The summed E-state index contributed by atoms with van der Waals surface area (Å²) in [4.78, 5) is 18.0. The summed E-state index contributed by atoms with van der Waals surface area (Å²) in [5.41, 5.74) is 6.90. The largest absolute Gasteiger partial charge is 0.341 e. The maximum absolute atomic E-state index is 12.1. The molecule has 2 unspecified atom stereocenters. The normalized spacial score (nSPS) is 21.2. The van der Waals surface area contributed by atoms with E-state index in [4.69, 9.17) is 5.73 Å². The van der Waals surface area contributed by atoms with Crippen molar-refractivity contribution in [3.63, 3.8) is 0 Å². The van der Waals surface area contributed by atoms with Crippen LogP contribution in [0.15, 0.2) is 24.5 Å². The molecular formula is C13H21Cl2N3O. The molecule has 0 aliphatic heterocycles. The number of carbonyl (C=O) groups is 1. The molecule has 1 amide bonds. The third-order valence-corrected chi connectivity index (χ3v) is 3.34. The van der Waals surface area contributed by atoms with Gasteiger partial charge in [0.1, 0.15) is 0 Å². The Balaban J connectivity index is 0.00000162. The average Bonchev–Trinajstić information content (AvgIpc) is 2.76. The van der Waals surface area contributed by atoms with Crippen molar-refractivity contribution < 1.29 is 4.79 Å². The molecule has 6 heteroatoms. The quantitative estimate of drug-likeness (QED) is 0.929. The third kappa shape index (κ3) is 4.97. The topological polar surface area (TPSA) is 59.2 Å². The first-order valence-corrected chi connectivity index (χ1v) is 6.06. The molecule has 1 saturated carbocycles. The number of pyridine rings is 1. The van der Waals surface area contributed by atoms with Gasteiger partial charge in [-0.15, -0.1) is 24.8 Å². The van der Waals surface area contributed by atoms with Crippen LogP contribution in [0.3, 0.4) is 0 Å². The lowest BCUT2D eigenvalue weighted by Crippen LogP contribution is -2.32. The molecule has 0 saturated heterocycles. The van der Waals surface area contributed by atoms with E-state index in [9.17, 15) is 4.79 Å². The van der Waals surface area contributed by atoms with Crippen LogP contribution in [0.25, 0.3) is 0 Å². The van der Waals surface area contributed by atoms with E-state index in [2.05, 4.69) is 4.98 Å². The molecule has 1 aliphatic rings. The lowest BCUT2D eigenvalue weighted by Gasteiger charge is -2.21. The number of aromatic nitrogens is 1. The number of hydrogen-bond acceptors (Lipinski definition) is 3. The minimum absolute atomic E-state index is 0. The predicted octanol–water partition coefficient (Wildman–Crippen LogP) is 2.01. The van der Waals surface area contributed by atoms with E-state index in [0.717, 1.165) is 24.8 Å². The summed E-state index contributed by atoms with van der Waals surface area (Å²) in [6, 6.07) is 4.08. The SMILES string of the molecule is CN(Cc1cccnc1)C(=O)C1CCC(N)C1.Cl.Cl. The standard InChI is InChI=1S/C13H19N3O.2ClH/c1-16(9-10-3-2-6-15-8-10)13(17)11-4-5-12(14)7-11;;/h2-3,6,8,11-12H,4-5,7,9,14H2,1H3;2*1H. The average molecular weight is 306 g/mol. The summed E-state index contributed by atoms with van der Waals surface area (Å²) in [6.45, 7) is 0.623. The molecule has 0 spiro atoms. The van der Waals surface area contributed by atoms with Crippen molar-refractivity contribution in [2.75, 3.05) is 7.05 Å². The molecule has 2 atom stereocenters. The van der Waals surface area contributed by atoms with Gasteiger partial charge in [-0.05, 0) is 30.9 Å². The monoisotopic (exact) mass is 305 g/mol. The van der Waals surface area contributed by atoms with Gasteiger partial charge < -0.3 is 10.6 Å². The number of nitrogens with two attached hydrogens (primary N) is 1. The summed E-state index contributed by atoms with van der Waals surface area (Å²) >= 11 is 0. The highest BCUT2D eigenvalue weighted by Gasteiger charge is 2.29. The third-order valence-electron chi connectivity index (χ3n) is 3.34. The maximum atomic E-state index is 12.1. The Morgan fingerprint density at radius 3 is 2.74 bits per heavy atom. The summed E-state index contributed by atoms with van der Waals surface area (Å²) < 4.78 is 0. The number of rotatable bonds is 3. The van der Waals surface area contributed by atoms with Crippen LogP contribution >= 0.6 is 24.8 Å². The van der Waals surface area contributed by atoms with Crippen LogP contribution in [-0.4, -0.2) is 28.9 Å². The molecule has 2 N–H and O–H groups in total. The van der Waals surface area contributed by atoms with Crippen molar-refractivity contribution in [3.05, 3.63) is 30.1 Å². The van der Waals surface area contributed by atoms with E-state index in [0.29, 0.717) is 6.54 Å². The van der Waals surface area contributed by atoms with Crippen molar-refractivity contribution in [3.8, 4) is 0 Å². The van der Waals surface area contributed by atoms with E-state index in [1.165, 1.54) is 0 Å². The van der Waals surface area contributed by atoms with Crippen LogP contribution in [0.5, 0.6) is 0 Å². The molecule has 4 nitrogen and oxygen atoms in total. The first-order chi connectivity index (χ1) is 8.16. The molecule has 1 aromatic heterocycles. The van der Waals surface area contributed by atoms with Crippen molar-refractivity contribution >= 4 is 30.7 Å². The number of halogens is 2. The lowest BCUT2D eigenvalue weighted by atomic mass is 10.1. The van der Waals surface area contributed by atoms with Crippen LogP contribution in [-0.2, 0) is 11.3 Å². The second-order valence-corrected chi connectivity index (χ2v) is 4.83. The smallest absolute Gasteiger partial charge is 0.225 e. The van der Waals surface area contributed by atoms with E-state index < -0.39 is 0 Å². The first-order valence-electron chi connectivity index (χ1n) is 6.06. The molecule has 19 heavy (non-hydrogen) atoms. The summed E-state index contributed by atoms with van der Waals surface area (Å²) in [6.07, 6.45) is 6.26. The molecule has 0 aromatic carbocycles. The fourth-order valence-electron chi connectivity index (χ4n) is 2.40. The zero-order chi connectivity index (χ0) is 12.3. The molecular weight excluding hydrogens is 285 g/mol. The maximum Gasteiger partial charge on any atom is 0.225 e. The molecule has 1 fully saturated rings. The Hall–Kier alpha value is -0.840. The summed E-state index contributed by atoms with van der Waals surface area (Å²) in [5.74, 6) is 0.327. The fraction of sp³-hybridized carbons (Fsp3) is 0.538. The van der Waals surface area contributed by atoms with Crippen LogP contribution in [0, 0.1) is 5.92 Å². The molecule has 1 aliphatic carbocycles. The molecule has 1 aromatic rings. The van der Waals surface area contributed by atoms with E-state index in [1.54, 1.807) is 17.3 Å². The second-order valence-electron chi connectivity index (χ2n) is 4.83. The van der Waals surface area contributed by atoms with E-state index in [-0.39, 0.29) is 42.7 Å². The van der Waals surface area contributed by atoms with E-state index >= 15 is 0 Å².